The summed E-state index contributed by atoms with van der Waals surface area (Å²) in [7, 11) is 0. The first-order valence-electron chi connectivity index (χ1n) is 4.06. The number of nitrogens with zero attached hydrogens (tertiary/aromatic N) is 2. The van der Waals surface area contributed by atoms with Crippen LogP contribution in [0.4, 0.5) is 0 Å². The van der Waals surface area contributed by atoms with Crippen LogP contribution in [0.5, 0.6) is 0 Å². The fourth-order valence-corrected chi connectivity index (χ4v) is 0.950. The summed E-state index contributed by atoms with van der Waals surface area (Å²) < 4.78 is 4.99. The molecule has 1 atom stereocenters. The molecule has 1 heterocycles. The zero-order chi connectivity index (χ0) is 9.14. The molecule has 0 aliphatic heterocycles. The van der Waals surface area contributed by atoms with Crippen molar-refractivity contribution in [3.8, 4) is 0 Å². The Bertz CT molecular complexity index is 245. The molecule has 0 fully saturated rings. The summed E-state index contributed by atoms with van der Waals surface area (Å²) in [4.78, 5) is 4.14. The molecular formula is C8H13ClN2O. The second kappa shape index (κ2) is 3.90. The number of hydrogen-bond donors (Lipinski definition) is 0. The van der Waals surface area contributed by atoms with Gasteiger partial charge in [0.2, 0.25) is 5.89 Å². The van der Waals surface area contributed by atoms with Crippen LogP contribution in [0.25, 0.3) is 0 Å². The molecule has 12 heavy (non-hydrogen) atoms. The van der Waals surface area contributed by atoms with Crippen LogP contribution in [0.2, 0.25) is 0 Å². The summed E-state index contributed by atoms with van der Waals surface area (Å²) in [6.07, 6.45) is 0.816. The van der Waals surface area contributed by atoms with Gasteiger partial charge in [0.15, 0.2) is 5.82 Å². The van der Waals surface area contributed by atoms with E-state index >= 15 is 0 Å². The molecule has 3 nitrogen and oxygen atoms in total. The Labute approximate surface area is 77.1 Å². The Morgan fingerprint density at radius 3 is 2.50 bits per heavy atom. The first kappa shape index (κ1) is 9.52. The van der Waals surface area contributed by atoms with Crippen LogP contribution in [0, 0.1) is 5.92 Å². The van der Waals surface area contributed by atoms with Gasteiger partial charge < -0.3 is 4.52 Å². The van der Waals surface area contributed by atoms with E-state index in [2.05, 4.69) is 24.0 Å². The summed E-state index contributed by atoms with van der Waals surface area (Å²) in [6, 6.07) is 0. The molecule has 0 aromatic carbocycles. The lowest BCUT2D eigenvalue weighted by molar-refractivity contribution is 0.358. The molecule has 0 radical (unpaired) electrons. The minimum atomic E-state index is -0.172. The van der Waals surface area contributed by atoms with E-state index in [1.54, 1.807) is 0 Å². The van der Waals surface area contributed by atoms with E-state index in [1.165, 1.54) is 0 Å². The third-order valence-corrected chi connectivity index (χ3v) is 1.62. The molecule has 0 bridgehead atoms. The monoisotopic (exact) mass is 188 g/mol. The molecule has 1 aromatic rings. The van der Waals surface area contributed by atoms with Gasteiger partial charge in [-0.25, -0.2) is 0 Å². The fraction of sp³-hybridized carbons (Fsp3) is 0.750. The Balaban J connectivity index is 2.64. The van der Waals surface area contributed by atoms with Crippen molar-refractivity contribution in [3.05, 3.63) is 11.7 Å². The topological polar surface area (TPSA) is 38.9 Å². The standard InChI is InChI=1S/C8H13ClN2O/c1-5(2)4-7-10-8(6(3)9)11-12-7/h5-6H,4H2,1-3H3. The second-order valence-electron chi connectivity index (χ2n) is 3.26. The van der Waals surface area contributed by atoms with Crippen LogP contribution < -0.4 is 0 Å². The van der Waals surface area contributed by atoms with Crippen molar-refractivity contribution in [2.75, 3.05) is 0 Å². The highest BCUT2D eigenvalue weighted by atomic mass is 35.5. The van der Waals surface area contributed by atoms with E-state index in [-0.39, 0.29) is 5.38 Å². The van der Waals surface area contributed by atoms with Crippen LogP contribution in [-0.4, -0.2) is 10.1 Å². The molecule has 0 aliphatic rings. The zero-order valence-electron chi connectivity index (χ0n) is 7.54. The predicted octanol–water partition coefficient (Wildman–Crippen LogP) is 2.57. The largest absolute Gasteiger partial charge is 0.339 e. The average molecular weight is 189 g/mol. The summed E-state index contributed by atoms with van der Waals surface area (Å²) in [5.41, 5.74) is 0. The van der Waals surface area contributed by atoms with Gasteiger partial charge in [-0.3, -0.25) is 0 Å². The Kier molecular flexibility index (Phi) is 3.09. The van der Waals surface area contributed by atoms with E-state index in [4.69, 9.17) is 16.1 Å². The normalized spacial score (nSPS) is 13.8. The first-order valence-corrected chi connectivity index (χ1v) is 4.49. The van der Waals surface area contributed by atoms with Gasteiger partial charge >= 0.3 is 0 Å². The van der Waals surface area contributed by atoms with Crippen molar-refractivity contribution < 1.29 is 4.52 Å². The van der Waals surface area contributed by atoms with E-state index in [0.717, 1.165) is 6.42 Å². The minimum absolute atomic E-state index is 0.172. The van der Waals surface area contributed by atoms with Gasteiger partial charge in [-0.2, -0.15) is 4.98 Å². The van der Waals surface area contributed by atoms with E-state index in [0.29, 0.717) is 17.6 Å². The Morgan fingerprint density at radius 2 is 2.08 bits per heavy atom. The maximum Gasteiger partial charge on any atom is 0.226 e. The predicted molar refractivity (Wildman–Crippen MR) is 47.1 cm³/mol. The molecule has 1 aromatic heterocycles. The lowest BCUT2D eigenvalue weighted by Crippen LogP contribution is -1.94. The molecule has 0 saturated carbocycles. The fourth-order valence-electron chi connectivity index (χ4n) is 0.862. The van der Waals surface area contributed by atoms with E-state index < -0.39 is 0 Å². The third-order valence-electron chi connectivity index (χ3n) is 1.42. The zero-order valence-corrected chi connectivity index (χ0v) is 8.30. The molecule has 0 amide bonds. The summed E-state index contributed by atoms with van der Waals surface area (Å²) >= 11 is 5.77. The first-order chi connectivity index (χ1) is 5.59. The van der Waals surface area contributed by atoms with Crippen molar-refractivity contribution >= 4 is 11.6 Å². The molecule has 1 unspecified atom stereocenters. The lowest BCUT2D eigenvalue weighted by atomic mass is 10.1. The van der Waals surface area contributed by atoms with Crippen molar-refractivity contribution in [3.63, 3.8) is 0 Å². The highest BCUT2D eigenvalue weighted by Gasteiger charge is 2.11. The molecule has 4 heteroatoms. The maximum absolute atomic E-state index is 5.77. The van der Waals surface area contributed by atoms with E-state index in [9.17, 15) is 0 Å². The van der Waals surface area contributed by atoms with Gasteiger partial charge in [0, 0.05) is 6.42 Å². The number of hydrogen-bond acceptors (Lipinski definition) is 3. The minimum Gasteiger partial charge on any atom is -0.339 e. The molecule has 0 N–H and O–H groups in total. The van der Waals surface area contributed by atoms with Crippen molar-refractivity contribution in [1.82, 2.24) is 10.1 Å². The van der Waals surface area contributed by atoms with Crippen LogP contribution in [-0.2, 0) is 6.42 Å². The van der Waals surface area contributed by atoms with Gasteiger partial charge in [-0.1, -0.05) is 19.0 Å². The number of rotatable bonds is 3. The van der Waals surface area contributed by atoms with Gasteiger partial charge in [0.05, 0.1) is 5.38 Å². The van der Waals surface area contributed by atoms with Gasteiger partial charge in [-0.15, -0.1) is 11.6 Å². The second-order valence-corrected chi connectivity index (χ2v) is 3.91. The quantitative estimate of drug-likeness (QED) is 0.685. The van der Waals surface area contributed by atoms with Gasteiger partial charge in [-0.05, 0) is 12.8 Å². The smallest absolute Gasteiger partial charge is 0.226 e. The highest BCUT2D eigenvalue weighted by Crippen LogP contribution is 2.16. The lowest BCUT2D eigenvalue weighted by Gasteiger charge is -1.96. The highest BCUT2D eigenvalue weighted by molar-refractivity contribution is 6.20. The molecule has 0 saturated heterocycles. The molecular weight excluding hydrogens is 176 g/mol. The number of halogens is 1. The SMILES string of the molecule is CC(C)Cc1nc(C(C)Cl)no1. The van der Waals surface area contributed by atoms with Crippen molar-refractivity contribution in [2.45, 2.75) is 32.6 Å². The van der Waals surface area contributed by atoms with Crippen molar-refractivity contribution in [1.29, 1.82) is 0 Å². The van der Waals surface area contributed by atoms with E-state index in [1.807, 2.05) is 6.92 Å². The summed E-state index contributed by atoms with van der Waals surface area (Å²) in [5, 5.41) is 3.58. The van der Waals surface area contributed by atoms with Crippen LogP contribution in [0.3, 0.4) is 0 Å². The van der Waals surface area contributed by atoms with Gasteiger partial charge in [0.25, 0.3) is 0 Å². The molecule has 0 spiro atoms. The Morgan fingerprint density at radius 1 is 1.42 bits per heavy atom. The van der Waals surface area contributed by atoms with Crippen molar-refractivity contribution in [2.24, 2.45) is 5.92 Å². The summed E-state index contributed by atoms with van der Waals surface area (Å²) in [5.74, 6) is 1.78. The number of alkyl halides is 1. The molecule has 1 rings (SSSR count). The summed E-state index contributed by atoms with van der Waals surface area (Å²) in [6.45, 7) is 6.04. The molecule has 68 valence electrons. The van der Waals surface area contributed by atoms with Crippen LogP contribution >= 0.6 is 11.6 Å². The van der Waals surface area contributed by atoms with Crippen LogP contribution in [0.1, 0.15) is 37.9 Å². The maximum atomic E-state index is 5.77. The van der Waals surface area contributed by atoms with Gasteiger partial charge in [0.1, 0.15) is 0 Å². The Hall–Kier alpha value is -0.570. The number of aromatic nitrogens is 2. The third kappa shape index (κ3) is 2.48. The average Bonchev–Trinajstić information content (AvgIpc) is 2.34. The van der Waals surface area contributed by atoms with Crippen LogP contribution in [0.15, 0.2) is 4.52 Å². The molecule has 0 aliphatic carbocycles.